The third-order valence-electron chi connectivity index (χ3n) is 8.94. The van der Waals surface area contributed by atoms with Crippen molar-refractivity contribution < 1.29 is 9.53 Å². The molecule has 2 aromatic rings. The summed E-state index contributed by atoms with van der Waals surface area (Å²) in [6, 6.07) is 17.8. The number of benzene rings is 2. The van der Waals surface area contributed by atoms with E-state index in [2.05, 4.69) is 56.8 Å². The van der Waals surface area contributed by atoms with Gasteiger partial charge in [-0.2, -0.15) is 0 Å². The van der Waals surface area contributed by atoms with Crippen LogP contribution in [0.25, 0.3) is 0 Å². The fourth-order valence-electron chi connectivity index (χ4n) is 6.76. The summed E-state index contributed by atoms with van der Waals surface area (Å²) in [4.78, 5) is 18.8. The molecule has 0 aromatic heterocycles. The Morgan fingerprint density at radius 2 is 1.57 bits per heavy atom. The molecule has 0 bridgehead atoms. The molecule has 5 rings (SSSR count). The van der Waals surface area contributed by atoms with Crippen LogP contribution in [0.3, 0.4) is 0 Å². The van der Waals surface area contributed by atoms with E-state index in [0.717, 1.165) is 68.2 Å². The first-order chi connectivity index (χ1) is 19.1. The zero-order chi connectivity index (χ0) is 27.0. The molecule has 0 spiro atoms. The lowest BCUT2D eigenvalue weighted by molar-refractivity contribution is -0.134. The second kappa shape index (κ2) is 15.3. The number of methoxy groups -OCH3 is 1. The number of rotatable bonds is 9. The van der Waals surface area contributed by atoms with Gasteiger partial charge in [-0.25, -0.2) is 0 Å². The van der Waals surface area contributed by atoms with E-state index in [-0.39, 0.29) is 24.4 Å². The smallest absolute Gasteiger partial charge is 0.240 e. The van der Waals surface area contributed by atoms with Gasteiger partial charge >= 0.3 is 0 Å². The topological polar surface area (TPSA) is 56.8 Å². The number of anilines is 1. The van der Waals surface area contributed by atoms with Crippen LogP contribution in [0.1, 0.15) is 63.4 Å². The summed E-state index contributed by atoms with van der Waals surface area (Å²) in [6.45, 7) is 3.64. The monoisotopic (exact) mass is 588 g/mol. The van der Waals surface area contributed by atoms with Crippen molar-refractivity contribution in [3.05, 3.63) is 59.1 Å². The predicted octanol–water partition coefficient (Wildman–Crippen LogP) is 5.85. The molecule has 3 aliphatic rings. The van der Waals surface area contributed by atoms with Crippen molar-refractivity contribution in [2.75, 3.05) is 38.2 Å². The van der Waals surface area contributed by atoms with Crippen LogP contribution in [0.2, 0.25) is 5.02 Å². The van der Waals surface area contributed by atoms with Gasteiger partial charge in [-0.15, -0.1) is 12.4 Å². The van der Waals surface area contributed by atoms with Gasteiger partial charge in [0.25, 0.3) is 0 Å². The number of hydrogen-bond acceptors (Lipinski definition) is 5. The molecule has 0 radical (unpaired) electrons. The Morgan fingerprint density at radius 1 is 0.950 bits per heavy atom. The molecule has 2 heterocycles. The first-order valence-corrected chi connectivity index (χ1v) is 15.4. The molecule has 3 fully saturated rings. The van der Waals surface area contributed by atoms with Crippen molar-refractivity contribution in [1.82, 2.24) is 15.5 Å². The largest absolute Gasteiger partial charge is 0.497 e. The normalized spacial score (nSPS) is 20.0. The molecule has 1 saturated carbocycles. The Balaban J connectivity index is 0.00000370. The number of nitrogens with zero attached hydrogens (tertiary/aromatic N) is 2. The summed E-state index contributed by atoms with van der Waals surface area (Å²) in [5, 5.41) is 7.92. The van der Waals surface area contributed by atoms with E-state index in [1.54, 1.807) is 7.11 Å². The summed E-state index contributed by atoms with van der Waals surface area (Å²) < 4.78 is 5.43. The molecule has 2 aliphatic heterocycles. The minimum absolute atomic E-state index is 0. The summed E-state index contributed by atoms with van der Waals surface area (Å²) in [5.41, 5.74) is 2.44. The minimum Gasteiger partial charge on any atom is -0.497 e. The average Bonchev–Trinajstić information content (AvgIpc) is 2.99. The standard InChI is InChI=1S/C32H45ClN4O2.ClH/c1-39-30-13-11-28(12-14-30)37(27-5-3-2-4-6-27)29-17-21-36(22-18-29)32(38)31(35-26-15-19-34-20-16-26)23-24-7-9-25(33)10-8-24;/h7-14,26-27,29,31,34-35H,2-6,15-23H2,1H3;1H/t31-;/m1./s1. The molecule has 8 heteroatoms. The second-order valence-electron chi connectivity index (χ2n) is 11.5. The Bertz CT molecular complexity index is 1030. The van der Waals surface area contributed by atoms with Crippen molar-refractivity contribution >= 4 is 35.6 Å². The highest BCUT2D eigenvalue weighted by Crippen LogP contribution is 2.33. The van der Waals surface area contributed by atoms with E-state index in [0.29, 0.717) is 24.5 Å². The summed E-state index contributed by atoms with van der Waals surface area (Å²) in [7, 11) is 1.72. The van der Waals surface area contributed by atoms with E-state index >= 15 is 0 Å². The number of piperidine rings is 2. The third kappa shape index (κ3) is 8.06. The number of likely N-dealkylation sites (tertiary alicyclic amines) is 1. The van der Waals surface area contributed by atoms with Crippen molar-refractivity contribution in [1.29, 1.82) is 0 Å². The number of carbonyl (C=O) groups is 1. The minimum atomic E-state index is -0.207. The highest BCUT2D eigenvalue weighted by atomic mass is 35.5. The Kier molecular flexibility index (Phi) is 11.8. The molecule has 1 aliphatic carbocycles. The van der Waals surface area contributed by atoms with Gasteiger partial charge in [-0.05, 0) is 100.0 Å². The van der Waals surface area contributed by atoms with Gasteiger partial charge in [-0.1, -0.05) is 43.0 Å². The molecule has 0 unspecified atom stereocenters. The van der Waals surface area contributed by atoms with Gasteiger partial charge in [-0.3, -0.25) is 4.79 Å². The number of amides is 1. The van der Waals surface area contributed by atoms with E-state index in [4.69, 9.17) is 16.3 Å². The number of carbonyl (C=O) groups excluding carboxylic acids is 1. The fourth-order valence-corrected chi connectivity index (χ4v) is 6.89. The van der Waals surface area contributed by atoms with Crippen LogP contribution in [0, 0.1) is 0 Å². The first-order valence-electron chi connectivity index (χ1n) is 15.0. The van der Waals surface area contributed by atoms with E-state index in [1.807, 2.05) is 12.1 Å². The first kappa shape index (κ1) is 31.0. The molecule has 220 valence electrons. The lowest BCUT2D eigenvalue weighted by Gasteiger charge is -2.45. The lowest BCUT2D eigenvalue weighted by atomic mass is 9.90. The average molecular weight is 590 g/mol. The van der Waals surface area contributed by atoms with Crippen molar-refractivity contribution in [3.63, 3.8) is 0 Å². The zero-order valence-corrected chi connectivity index (χ0v) is 25.4. The van der Waals surface area contributed by atoms with E-state index in [9.17, 15) is 4.79 Å². The van der Waals surface area contributed by atoms with Crippen molar-refractivity contribution in [3.8, 4) is 5.75 Å². The highest BCUT2D eigenvalue weighted by molar-refractivity contribution is 6.30. The van der Waals surface area contributed by atoms with Crippen LogP contribution < -0.4 is 20.3 Å². The number of nitrogens with one attached hydrogen (secondary N) is 2. The SMILES string of the molecule is COc1ccc(N(C2CCCCC2)C2CCN(C(=O)[C@@H](Cc3ccc(Cl)cc3)NC3CCNCC3)CC2)cc1.Cl. The van der Waals surface area contributed by atoms with Gasteiger partial charge in [0.1, 0.15) is 5.75 Å². The Morgan fingerprint density at radius 3 is 2.20 bits per heavy atom. The van der Waals surface area contributed by atoms with Crippen LogP contribution in [0.4, 0.5) is 5.69 Å². The molecule has 2 saturated heterocycles. The highest BCUT2D eigenvalue weighted by Gasteiger charge is 2.34. The van der Waals surface area contributed by atoms with Gasteiger partial charge in [0.15, 0.2) is 0 Å². The maximum absolute atomic E-state index is 14.0. The van der Waals surface area contributed by atoms with Crippen LogP contribution in [-0.4, -0.2) is 68.3 Å². The van der Waals surface area contributed by atoms with Gasteiger partial charge in [0.2, 0.25) is 5.91 Å². The van der Waals surface area contributed by atoms with Crippen LogP contribution in [-0.2, 0) is 11.2 Å². The molecular formula is C32H46Cl2N4O2. The van der Waals surface area contributed by atoms with Crippen LogP contribution in [0.5, 0.6) is 5.75 Å². The Labute approximate surface area is 251 Å². The molecule has 40 heavy (non-hydrogen) atoms. The van der Waals surface area contributed by atoms with Gasteiger partial charge in [0.05, 0.1) is 13.2 Å². The quantitative estimate of drug-likeness (QED) is 0.384. The van der Waals surface area contributed by atoms with E-state index < -0.39 is 0 Å². The summed E-state index contributed by atoms with van der Waals surface area (Å²) in [5.74, 6) is 1.14. The zero-order valence-electron chi connectivity index (χ0n) is 23.8. The van der Waals surface area contributed by atoms with Crippen molar-refractivity contribution in [2.24, 2.45) is 0 Å². The molecule has 1 atom stereocenters. The van der Waals surface area contributed by atoms with Crippen LogP contribution >= 0.6 is 24.0 Å². The predicted molar refractivity (Wildman–Crippen MR) is 167 cm³/mol. The third-order valence-corrected chi connectivity index (χ3v) is 9.19. The molecule has 2 aromatic carbocycles. The molecular weight excluding hydrogens is 543 g/mol. The lowest BCUT2D eigenvalue weighted by Crippen LogP contribution is -2.56. The van der Waals surface area contributed by atoms with Gasteiger partial charge < -0.3 is 25.2 Å². The van der Waals surface area contributed by atoms with Crippen molar-refractivity contribution in [2.45, 2.75) is 88.4 Å². The molecule has 2 N–H and O–H groups in total. The van der Waals surface area contributed by atoms with Gasteiger partial charge in [0, 0.05) is 41.9 Å². The number of hydrogen-bond donors (Lipinski definition) is 2. The van der Waals surface area contributed by atoms with Crippen LogP contribution in [0.15, 0.2) is 48.5 Å². The maximum atomic E-state index is 14.0. The number of halogens is 2. The summed E-state index contributed by atoms with van der Waals surface area (Å²) >= 11 is 6.13. The second-order valence-corrected chi connectivity index (χ2v) is 12.0. The number of ether oxygens (including phenoxy) is 1. The van der Waals surface area contributed by atoms with E-state index in [1.165, 1.54) is 37.8 Å². The molecule has 6 nitrogen and oxygen atoms in total. The maximum Gasteiger partial charge on any atom is 0.240 e. The summed E-state index contributed by atoms with van der Waals surface area (Å²) in [6.07, 6.45) is 11.3. The fraction of sp³-hybridized carbons (Fsp3) is 0.594. The molecule has 1 amide bonds. The Hall–Kier alpha value is -1.99.